The summed E-state index contributed by atoms with van der Waals surface area (Å²) in [5.74, 6) is 2.39. The van der Waals surface area contributed by atoms with Gasteiger partial charge in [0.2, 0.25) is 5.13 Å². The lowest BCUT2D eigenvalue weighted by atomic mass is 10.2. The summed E-state index contributed by atoms with van der Waals surface area (Å²) in [4.78, 5) is 18.8. The summed E-state index contributed by atoms with van der Waals surface area (Å²) in [6.45, 7) is 13.8. The number of anilines is 1. The van der Waals surface area contributed by atoms with Crippen LogP contribution in [0.15, 0.2) is 10.4 Å². The number of aryl methyl sites for hydroxylation is 1. The van der Waals surface area contributed by atoms with Crippen LogP contribution >= 0.6 is 22.9 Å². The Bertz CT molecular complexity index is 744. The number of rotatable bonds is 6. The normalized spacial score (nSPS) is 15.7. The van der Waals surface area contributed by atoms with Crippen LogP contribution in [0, 0.1) is 0 Å². The minimum Gasteiger partial charge on any atom is -0.357 e. The highest BCUT2D eigenvalue weighted by Gasteiger charge is 2.22. The Morgan fingerprint density at radius 2 is 2.00 bits per heavy atom. The Balaban J connectivity index is 1.59. The van der Waals surface area contributed by atoms with Gasteiger partial charge in [0.1, 0.15) is 5.82 Å². The number of piperazine rings is 1. The maximum atomic E-state index is 4.83. The van der Waals surface area contributed by atoms with Crippen LogP contribution in [0.4, 0.5) is 5.13 Å². The van der Waals surface area contributed by atoms with E-state index in [0.717, 1.165) is 61.8 Å². The summed E-state index contributed by atoms with van der Waals surface area (Å²) in [6.07, 6.45) is 0.892. The molecule has 3 rings (SSSR count). The maximum Gasteiger partial charge on any atom is 0.205 e. The van der Waals surface area contributed by atoms with Crippen LogP contribution in [-0.4, -0.2) is 57.9 Å². The van der Waals surface area contributed by atoms with Gasteiger partial charge < -0.3 is 15.1 Å². The quantitative estimate of drug-likeness (QED) is 0.586. The predicted octanol–water partition coefficient (Wildman–Crippen LogP) is 2.97. The van der Waals surface area contributed by atoms with Crippen molar-refractivity contribution in [1.29, 1.82) is 0 Å². The van der Waals surface area contributed by atoms with Crippen molar-refractivity contribution in [2.45, 2.75) is 46.6 Å². The number of aromatic nitrogens is 3. The number of nitrogens with one attached hydrogen (secondary N) is 1. The third-order valence-corrected chi connectivity index (χ3v) is 6.42. The molecule has 0 saturated carbocycles. The zero-order valence-electron chi connectivity index (χ0n) is 16.6. The standard InChI is InChI=1S/C18H29N7S2/c1-5-15-22-18(27-23-15)25-9-7-24(8-10-25)17(19-6-2)20-11-14-12-26-16(21-14)13(3)4/h12-13H,5-11H2,1-4H3,(H,19,20). The Hall–Kier alpha value is -1.74. The largest absolute Gasteiger partial charge is 0.357 e. The van der Waals surface area contributed by atoms with Crippen molar-refractivity contribution < 1.29 is 0 Å². The van der Waals surface area contributed by atoms with Crippen molar-refractivity contribution in [3.63, 3.8) is 0 Å². The summed E-state index contributed by atoms with van der Waals surface area (Å²) in [6, 6.07) is 0. The zero-order chi connectivity index (χ0) is 19.2. The van der Waals surface area contributed by atoms with Gasteiger partial charge in [-0.15, -0.1) is 11.3 Å². The molecule has 2 aromatic rings. The minimum absolute atomic E-state index is 0.475. The van der Waals surface area contributed by atoms with E-state index in [9.17, 15) is 0 Å². The molecular formula is C18H29N7S2. The van der Waals surface area contributed by atoms with E-state index in [1.165, 1.54) is 16.5 Å². The third kappa shape index (κ3) is 5.16. The molecule has 0 amide bonds. The molecule has 0 atom stereocenters. The van der Waals surface area contributed by atoms with E-state index >= 15 is 0 Å². The molecular weight excluding hydrogens is 378 g/mol. The van der Waals surface area contributed by atoms with Crippen LogP contribution in [0.1, 0.15) is 50.1 Å². The van der Waals surface area contributed by atoms with Crippen molar-refractivity contribution in [3.05, 3.63) is 21.9 Å². The zero-order valence-corrected chi connectivity index (χ0v) is 18.2. The number of nitrogens with zero attached hydrogens (tertiary/aromatic N) is 6. The fourth-order valence-electron chi connectivity index (χ4n) is 2.87. The number of hydrogen-bond acceptors (Lipinski definition) is 7. The Morgan fingerprint density at radius 1 is 1.22 bits per heavy atom. The second kappa shape index (κ2) is 9.45. The van der Waals surface area contributed by atoms with Gasteiger partial charge in [-0.2, -0.15) is 4.37 Å². The monoisotopic (exact) mass is 407 g/mol. The highest BCUT2D eigenvalue weighted by Crippen LogP contribution is 2.21. The predicted molar refractivity (Wildman–Crippen MR) is 114 cm³/mol. The Kier molecular flexibility index (Phi) is 7.01. The molecule has 0 radical (unpaired) electrons. The average Bonchev–Trinajstić information content (AvgIpc) is 3.35. The lowest BCUT2D eigenvalue weighted by molar-refractivity contribution is 0.372. The Labute approximate surface area is 169 Å². The number of aliphatic imine (C=N–C) groups is 1. The number of thiazole rings is 1. The van der Waals surface area contributed by atoms with E-state index in [1.807, 2.05) is 0 Å². The van der Waals surface area contributed by atoms with Gasteiger partial charge in [-0.3, -0.25) is 0 Å². The third-order valence-electron chi connectivity index (χ3n) is 4.41. The second-order valence-electron chi connectivity index (χ2n) is 6.82. The summed E-state index contributed by atoms with van der Waals surface area (Å²) in [5.41, 5.74) is 1.05. The first-order chi connectivity index (χ1) is 13.1. The van der Waals surface area contributed by atoms with E-state index in [-0.39, 0.29) is 0 Å². The van der Waals surface area contributed by atoms with Gasteiger partial charge >= 0.3 is 0 Å². The molecule has 1 N–H and O–H groups in total. The first kappa shape index (κ1) is 20.0. The molecule has 1 fully saturated rings. The van der Waals surface area contributed by atoms with Gasteiger partial charge in [0.05, 0.1) is 17.2 Å². The SMILES string of the molecule is CCNC(=NCc1csc(C(C)C)n1)N1CCN(c2nc(CC)ns2)CC1. The summed E-state index contributed by atoms with van der Waals surface area (Å²) < 4.78 is 4.40. The van der Waals surface area contributed by atoms with Crippen molar-refractivity contribution in [2.24, 2.45) is 4.99 Å². The molecule has 2 aromatic heterocycles. The highest BCUT2D eigenvalue weighted by atomic mass is 32.1. The molecule has 3 heterocycles. The van der Waals surface area contributed by atoms with Gasteiger partial charge in [-0.25, -0.2) is 15.0 Å². The number of guanidine groups is 1. The summed E-state index contributed by atoms with van der Waals surface area (Å²) >= 11 is 3.23. The first-order valence-electron chi connectivity index (χ1n) is 9.65. The first-order valence-corrected chi connectivity index (χ1v) is 11.3. The minimum atomic E-state index is 0.475. The molecule has 0 unspecified atom stereocenters. The van der Waals surface area contributed by atoms with Crippen molar-refractivity contribution in [3.8, 4) is 0 Å². The number of hydrogen-bond donors (Lipinski definition) is 1. The molecule has 1 aliphatic heterocycles. The summed E-state index contributed by atoms with van der Waals surface area (Å²) in [7, 11) is 0. The van der Waals surface area contributed by atoms with Gasteiger partial charge in [0.25, 0.3) is 0 Å². The highest BCUT2D eigenvalue weighted by molar-refractivity contribution is 7.10. The fraction of sp³-hybridized carbons (Fsp3) is 0.667. The molecule has 0 bridgehead atoms. The molecule has 0 aromatic carbocycles. The van der Waals surface area contributed by atoms with Crippen LogP contribution in [0.25, 0.3) is 0 Å². The fourth-order valence-corrected chi connectivity index (χ4v) is 4.50. The molecule has 27 heavy (non-hydrogen) atoms. The lowest BCUT2D eigenvalue weighted by Crippen LogP contribution is -2.52. The van der Waals surface area contributed by atoms with Gasteiger partial charge in [-0.05, 0) is 6.92 Å². The molecule has 7 nitrogen and oxygen atoms in total. The van der Waals surface area contributed by atoms with Gasteiger partial charge in [0, 0.05) is 62.0 Å². The van der Waals surface area contributed by atoms with Gasteiger partial charge in [-0.1, -0.05) is 20.8 Å². The molecule has 0 aliphatic carbocycles. The molecule has 9 heteroatoms. The van der Waals surface area contributed by atoms with Crippen LogP contribution in [0.3, 0.4) is 0 Å². The van der Waals surface area contributed by atoms with Crippen molar-refractivity contribution in [1.82, 2.24) is 24.6 Å². The van der Waals surface area contributed by atoms with E-state index in [4.69, 9.17) is 9.98 Å². The van der Waals surface area contributed by atoms with Gasteiger partial charge in [0.15, 0.2) is 5.96 Å². The average molecular weight is 408 g/mol. The van der Waals surface area contributed by atoms with Crippen LogP contribution in [0.5, 0.6) is 0 Å². The van der Waals surface area contributed by atoms with E-state index in [0.29, 0.717) is 12.5 Å². The summed E-state index contributed by atoms with van der Waals surface area (Å²) in [5, 5.41) is 7.78. The topological polar surface area (TPSA) is 69.5 Å². The smallest absolute Gasteiger partial charge is 0.205 e. The molecule has 1 aliphatic rings. The van der Waals surface area contributed by atoms with E-state index in [2.05, 4.69) is 57.5 Å². The van der Waals surface area contributed by atoms with E-state index < -0.39 is 0 Å². The van der Waals surface area contributed by atoms with Crippen LogP contribution in [0.2, 0.25) is 0 Å². The Morgan fingerprint density at radius 3 is 2.59 bits per heavy atom. The maximum absolute atomic E-state index is 4.83. The lowest BCUT2D eigenvalue weighted by Gasteiger charge is -2.36. The van der Waals surface area contributed by atoms with Crippen LogP contribution < -0.4 is 10.2 Å². The van der Waals surface area contributed by atoms with Crippen molar-refractivity contribution in [2.75, 3.05) is 37.6 Å². The van der Waals surface area contributed by atoms with E-state index in [1.54, 1.807) is 11.3 Å². The molecule has 148 valence electrons. The second-order valence-corrected chi connectivity index (χ2v) is 8.44. The van der Waals surface area contributed by atoms with Crippen molar-refractivity contribution >= 4 is 34.0 Å². The molecule has 0 spiro atoms. The van der Waals surface area contributed by atoms with Crippen LogP contribution in [-0.2, 0) is 13.0 Å². The molecule has 1 saturated heterocycles.